The predicted molar refractivity (Wildman–Crippen MR) is 156 cm³/mol. The maximum atomic E-state index is 12.1. The number of hydrogen-bond acceptors (Lipinski definition) is 9. The second kappa shape index (κ2) is 21.8. The lowest BCUT2D eigenvalue weighted by atomic mass is 10.2. The molecular formula is C29H59N3O9+2. The minimum Gasteiger partial charge on any atom is -0.469 e. The number of likely N-dealkylation sites (N-methyl/N-ethyl adjacent to an activating group) is 2. The summed E-state index contributed by atoms with van der Waals surface area (Å²) in [6, 6.07) is 0. The Labute approximate surface area is 248 Å². The molecule has 0 spiro atoms. The van der Waals surface area contributed by atoms with E-state index in [0.717, 1.165) is 41.6 Å². The molecule has 0 aliphatic rings. The SMILES string of the molecule is COC(=O)CCOCCOCC[N+](C)(C)CCNC(=O)CCOCCOCC[N+](C)(C)CCCC(=O)OC(C)(C)C. The predicted octanol–water partition coefficient (Wildman–Crippen LogP) is 1.40. The van der Waals surface area contributed by atoms with E-state index in [-0.39, 0.29) is 24.3 Å². The molecule has 0 rings (SSSR count). The lowest BCUT2D eigenvalue weighted by molar-refractivity contribution is -0.890. The molecule has 0 aromatic heterocycles. The lowest BCUT2D eigenvalue weighted by Gasteiger charge is -2.29. The summed E-state index contributed by atoms with van der Waals surface area (Å²) in [4.78, 5) is 34.9. The molecule has 0 radical (unpaired) electrons. The first-order valence-corrected chi connectivity index (χ1v) is 14.7. The average molecular weight is 594 g/mol. The quantitative estimate of drug-likeness (QED) is 0.0952. The van der Waals surface area contributed by atoms with Gasteiger partial charge in [-0.05, 0) is 20.8 Å². The number of nitrogens with zero attached hydrogens (tertiary/aromatic N) is 2. The number of carbonyl (C=O) groups is 3. The monoisotopic (exact) mass is 593 g/mol. The van der Waals surface area contributed by atoms with Crippen LogP contribution in [0.25, 0.3) is 0 Å². The van der Waals surface area contributed by atoms with Crippen molar-refractivity contribution in [1.29, 1.82) is 0 Å². The van der Waals surface area contributed by atoms with Crippen LogP contribution in [-0.4, -0.2) is 153 Å². The van der Waals surface area contributed by atoms with Crippen molar-refractivity contribution in [2.45, 2.75) is 52.1 Å². The molecule has 0 aromatic carbocycles. The zero-order valence-electron chi connectivity index (χ0n) is 27.1. The highest BCUT2D eigenvalue weighted by Crippen LogP contribution is 2.10. The van der Waals surface area contributed by atoms with E-state index in [1.807, 2.05) is 20.8 Å². The summed E-state index contributed by atoms with van der Waals surface area (Å²) in [5, 5.41) is 2.94. The Bertz CT molecular complexity index is 725. The number of quaternary nitrogens is 2. The molecule has 41 heavy (non-hydrogen) atoms. The lowest BCUT2D eigenvalue weighted by Crippen LogP contribution is -2.47. The van der Waals surface area contributed by atoms with Crippen LogP contribution < -0.4 is 5.32 Å². The smallest absolute Gasteiger partial charge is 0.307 e. The molecule has 0 fully saturated rings. The fraction of sp³-hybridized carbons (Fsp3) is 0.897. The molecule has 0 unspecified atom stereocenters. The summed E-state index contributed by atoms with van der Waals surface area (Å²) in [6.07, 6.45) is 1.75. The Morgan fingerprint density at radius 2 is 1.10 bits per heavy atom. The number of amides is 1. The standard InChI is InChI=1S/C29H58N3O9/c1-29(2,3)41-28(35)10-9-14-31(4,5)16-20-39-24-22-37-18-11-26(33)30-13-15-32(6,7)17-21-40-25-23-38-19-12-27(34)36-8/h9-25H2,1-8H3/q+1/p+1. The maximum absolute atomic E-state index is 12.1. The Morgan fingerprint density at radius 1 is 0.610 bits per heavy atom. The molecule has 0 saturated carbocycles. The van der Waals surface area contributed by atoms with Gasteiger partial charge in [-0.3, -0.25) is 14.4 Å². The summed E-state index contributed by atoms with van der Waals surface area (Å²) >= 11 is 0. The van der Waals surface area contributed by atoms with Crippen molar-refractivity contribution in [2.75, 3.05) is 121 Å². The van der Waals surface area contributed by atoms with Crippen LogP contribution in [0.3, 0.4) is 0 Å². The van der Waals surface area contributed by atoms with Crippen molar-refractivity contribution in [3.05, 3.63) is 0 Å². The second-order valence-electron chi connectivity index (χ2n) is 12.3. The summed E-state index contributed by atoms with van der Waals surface area (Å²) in [7, 11) is 9.78. The topological polar surface area (TPSA) is 119 Å². The Hall–Kier alpha value is -1.83. The number of hydrogen-bond donors (Lipinski definition) is 1. The van der Waals surface area contributed by atoms with Crippen LogP contribution in [0.15, 0.2) is 0 Å². The fourth-order valence-electron chi connectivity index (χ4n) is 3.54. The van der Waals surface area contributed by atoms with E-state index in [2.05, 4.69) is 38.2 Å². The molecule has 1 N–H and O–H groups in total. The maximum Gasteiger partial charge on any atom is 0.307 e. The highest BCUT2D eigenvalue weighted by Gasteiger charge is 2.19. The van der Waals surface area contributed by atoms with Gasteiger partial charge in [-0.2, -0.15) is 0 Å². The van der Waals surface area contributed by atoms with E-state index >= 15 is 0 Å². The number of esters is 2. The fourth-order valence-corrected chi connectivity index (χ4v) is 3.54. The van der Waals surface area contributed by atoms with Gasteiger partial charge in [0.1, 0.15) is 18.7 Å². The number of rotatable bonds is 25. The van der Waals surface area contributed by atoms with Crippen molar-refractivity contribution in [3.63, 3.8) is 0 Å². The number of nitrogens with one attached hydrogen (secondary N) is 1. The molecule has 0 atom stereocenters. The van der Waals surface area contributed by atoms with Crippen molar-refractivity contribution >= 4 is 17.8 Å². The molecular weight excluding hydrogens is 534 g/mol. The summed E-state index contributed by atoms with van der Waals surface area (Å²) < 4.78 is 33.5. The van der Waals surface area contributed by atoms with Gasteiger partial charge in [0, 0.05) is 12.8 Å². The normalized spacial score (nSPS) is 12.3. The first-order valence-electron chi connectivity index (χ1n) is 14.7. The largest absolute Gasteiger partial charge is 0.469 e. The molecule has 0 bridgehead atoms. The van der Waals surface area contributed by atoms with Crippen molar-refractivity contribution in [1.82, 2.24) is 5.32 Å². The van der Waals surface area contributed by atoms with E-state index in [1.54, 1.807) is 0 Å². The van der Waals surface area contributed by atoms with Gasteiger partial charge in [-0.15, -0.1) is 0 Å². The highest BCUT2D eigenvalue weighted by molar-refractivity contribution is 5.75. The molecule has 0 aliphatic carbocycles. The molecule has 12 heteroatoms. The average Bonchev–Trinajstić information content (AvgIpc) is 2.85. The molecule has 0 aliphatic heterocycles. The molecule has 0 aromatic rings. The number of carbonyl (C=O) groups excluding carboxylic acids is 3. The minimum absolute atomic E-state index is 0.0308. The van der Waals surface area contributed by atoms with Crippen molar-refractivity contribution in [2.24, 2.45) is 0 Å². The summed E-state index contributed by atoms with van der Waals surface area (Å²) in [5.41, 5.74) is -0.442. The van der Waals surface area contributed by atoms with Gasteiger partial charge >= 0.3 is 11.9 Å². The van der Waals surface area contributed by atoms with Crippen molar-refractivity contribution in [3.8, 4) is 0 Å². The number of methoxy groups -OCH3 is 1. The van der Waals surface area contributed by atoms with E-state index in [9.17, 15) is 14.4 Å². The third-order valence-corrected chi connectivity index (χ3v) is 6.18. The van der Waals surface area contributed by atoms with E-state index in [0.29, 0.717) is 72.2 Å². The molecule has 0 saturated heterocycles. The first kappa shape index (κ1) is 39.2. The van der Waals surface area contributed by atoms with Gasteiger partial charge in [0.2, 0.25) is 5.91 Å². The molecule has 242 valence electrons. The number of ether oxygens (including phenoxy) is 6. The third kappa shape index (κ3) is 26.8. The van der Waals surface area contributed by atoms with Gasteiger partial charge in [0.25, 0.3) is 0 Å². The Balaban J connectivity index is 3.69. The molecule has 1 amide bonds. The van der Waals surface area contributed by atoms with Gasteiger partial charge in [0.15, 0.2) is 0 Å². The van der Waals surface area contributed by atoms with Crippen LogP contribution in [0.1, 0.15) is 46.5 Å². The van der Waals surface area contributed by atoms with Crippen LogP contribution in [-0.2, 0) is 42.8 Å². The summed E-state index contributed by atoms with van der Waals surface area (Å²) in [6.45, 7) is 13.2. The van der Waals surface area contributed by atoms with Gasteiger partial charge in [0.05, 0.1) is 121 Å². The van der Waals surface area contributed by atoms with Gasteiger partial charge in [-0.25, -0.2) is 0 Å². The van der Waals surface area contributed by atoms with Gasteiger partial charge < -0.3 is 42.7 Å². The molecule has 12 nitrogen and oxygen atoms in total. The minimum atomic E-state index is -0.442. The van der Waals surface area contributed by atoms with Crippen molar-refractivity contribution < 1.29 is 51.8 Å². The second-order valence-corrected chi connectivity index (χ2v) is 12.3. The van der Waals surface area contributed by atoms with Crippen LogP contribution in [0, 0.1) is 0 Å². The van der Waals surface area contributed by atoms with Crippen LogP contribution in [0.5, 0.6) is 0 Å². The van der Waals surface area contributed by atoms with E-state index < -0.39 is 5.60 Å². The van der Waals surface area contributed by atoms with Crippen LogP contribution in [0.2, 0.25) is 0 Å². The van der Waals surface area contributed by atoms with Crippen LogP contribution >= 0.6 is 0 Å². The zero-order valence-corrected chi connectivity index (χ0v) is 27.1. The Kier molecular flexibility index (Phi) is 20.8. The summed E-state index contributed by atoms with van der Waals surface area (Å²) in [5.74, 6) is -0.471. The first-order chi connectivity index (χ1) is 19.2. The third-order valence-electron chi connectivity index (χ3n) is 6.18. The van der Waals surface area contributed by atoms with Crippen LogP contribution in [0.4, 0.5) is 0 Å². The van der Waals surface area contributed by atoms with E-state index in [1.165, 1.54) is 7.11 Å². The van der Waals surface area contributed by atoms with E-state index in [4.69, 9.17) is 23.7 Å². The molecule has 0 heterocycles. The zero-order chi connectivity index (χ0) is 31.2. The Morgan fingerprint density at radius 3 is 1.61 bits per heavy atom. The van der Waals surface area contributed by atoms with Gasteiger partial charge in [-0.1, -0.05) is 0 Å². The highest BCUT2D eigenvalue weighted by atomic mass is 16.6.